The Labute approximate surface area is 180 Å². The number of imide groups is 1. The summed E-state index contributed by atoms with van der Waals surface area (Å²) in [5.41, 5.74) is 1.02. The van der Waals surface area contributed by atoms with Gasteiger partial charge in [-0.25, -0.2) is 4.98 Å². The van der Waals surface area contributed by atoms with Crippen molar-refractivity contribution in [3.63, 3.8) is 0 Å². The molecule has 2 unspecified atom stereocenters. The highest BCUT2D eigenvalue weighted by Crippen LogP contribution is 2.60. The topological polar surface area (TPSA) is 79.4 Å². The van der Waals surface area contributed by atoms with Crippen LogP contribution in [0.15, 0.2) is 35.7 Å². The fourth-order valence-electron chi connectivity index (χ4n) is 4.77. The zero-order valence-corrected chi connectivity index (χ0v) is 18.4. The molecule has 1 N–H and O–H groups in total. The number of nitrogens with zero attached hydrogens (tertiary/aromatic N) is 2. The van der Waals surface area contributed by atoms with Crippen molar-refractivity contribution in [2.24, 2.45) is 16.7 Å². The van der Waals surface area contributed by atoms with Gasteiger partial charge in [-0.15, -0.1) is 11.3 Å². The SMILES string of the molecule is CC12CCC(C(=O)N(CCCC(=O)Nc3nc(-c4ccccc4)cs3)C1=O)C2(C)C. The molecule has 2 fully saturated rings. The lowest BCUT2D eigenvalue weighted by Crippen LogP contribution is -2.59. The number of amides is 3. The number of anilines is 1. The third kappa shape index (κ3) is 3.35. The predicted molar refractivity (Wildman–Crippen MR) is 117 cm³/mol. The van der Waals surface area contributed by atoms with Crippen LogP contribution in [0.5, 0.6) is 0 Å². The van der Waals surface area contributed by atoms with Crippen molar-refractivity contribution in [1.82, 2.24) is 9.88 Å². The molecule has 2 bridgehead atoms. The van der Waals surface area contributed by atoms with Crippen LogP contribution in [0.3, 0.4) is 0 Å². The summed E-state index contributed by atoms with van der Waals surface area (Å²) in [6, 6.07) is 9.79. The van der Waals surface area contributed by atoms with Crippen molar-refractivity contribution in [3.8, 4) is 11.3 Å². The standard InChI is InChI=1S/C23H27N3O3S/c1-22(2)16-11-12-23(22,3)20(29)26(19(16)28)13-7-10-18(27)25-21-24-17(14-30-21)15-8-5-4-6-9-15/h4-6,8-9,14,16H,7,10-13H2,1-3H3,(H,24,25,27). The zero-order valence-electron chi connectivity index (χ0n) is 17.6. The van der Waals surface area contributed by atoms with E-state index in [4.69, 9.17) is 0 Å². The molecule has 2 heterocycles. The molecule has 1 aliphatic heterocycles. The predicted octanol–water partition coefficient (Wildman–Crippen LogP) is 4.34. The van der Waals surface area contributed by atoms with Gasteiger partial charge >= 0.3 is 0 Å². The number of carbonyl (C=O) groups is 3. The van der Waals surface area contributed by atoms with Gasteiger partial charge in [-0.1, -0.05) is 51.1 Å². The van der Waals surface area contributed by atoms with Crippen LogP contribution in [0.2, 0.25) is 0 Å². The number of likely N-dealkylation sites (tertiary alicyclic amines) is 1. The number of hydrogen-bond acceptors (Lipinski definition) is 5. The number of nitrogens with one attached hydrogen (secondary N) is 1. The first-order chi connectivity index (χ1) is 14.2. The minimum atomic E-state index is -0.497. The summed E-state index contributed by atoms with van der Waals surface area (Å²) >= 11 is 1.38. The number of aromatic nitrogens is 1. The van der Waals surface area contributed by atoms with E-state index in [1.807, 2.05) is 56.5 Å². The minimum absolute atomic E-state index is 0.0761. The van der Waals surface area contributed by atoms with E-state index in [9.17, 15) is 14.4 Å². The average molecular weight is 426 g/mol. The normalized spacial score (nSPS) is 24.9. The Morgan fingerprint density at radius 1 is 1.23 bits per heavy atom. The molecule has 158 valence electrons. The van der Waals surface area contributed by atoms with E-state index in [0.717, 1.165) is 24.1 Å². The van der Waals surface area contributed by atoms with E-state index in [2.05, 4.69) is 10.3 Å². The summed E-state index contributed by atoms with van der Waals surface area (Å²) in [5, 5.41) is 5.29. The molecule has 30 heavy (non-hydrogen) atoms. The molecule has 1 saturated heterocycles. The van der Waals surface area contributed by atoms with Gasteiger partial charge in [-0.2, -0.15) is 0 Å². The largest absolute Gasteiger partial charge is 0.302 e. The van der Waals surface area contributed by atoms with Gasteiger partial charge in [0.2, 0.25) is 17.7 Å². The number of thiazole rings is 1. The van der Waals surface area contributed by atoms with Crippen LogP contribution < -0.4 is 5.32 Å². The minimum Gasteiger partial charge on any atom is -0.302 e. The van der Waals surface area contributed by atoms with Crippen molar-refractivity contribution < 1.29 is 14.4 Å². The summed E-state index contributed by atoms with van der Waals surface area (Å²) in [5.74, 6) is -0.428. The molecule has 0 radical (unpaired) electrons. The molecule has 2 aromatic rings. The van der Waals surface area contributed by atoms with Crippen LogP contribution in [-0.4, -0.2) is 34.2 Å². The van der Waals surface area contributed by atoms with Crippen LogP contribution in [-0.2, 0) is 14.4 Å². The van der Waals surface area contributed by atoms with Gasteiger partial charge in [0.15, 0.2) is 5.13 Å². The van der Waals surface area contributed by atoms with Gasteiger partial charge in [-0.3, -0.25) is 19.3 Å². The molecule has 1 aromatic carbocycles. The van der Waals surface area contributed by atoms with Crippen LogP contribution in [0.1, 0.15) is 46.5 Å². The molecule has 4 rings (SSSR count). The summed E-state index contributed by atoms with van der Waals surface area (Å²) in [7, 11) is 0. The van der Waals surface area contributed by atoms with Crippen LogP contribution in [0.4, 0.5) is 5.13 Å². The molecule has 2 aliphatic rings. The number of carbonyl (C=O) groups excluding carboxylic acids is 3. The van der Waals surface area contributed by atoms with Gasteiger partial charge in [0.25, 0.3) is 0 Å². The first-order valence-corrected chi connectivity index (χ1v) is 11.3. The Kier molecular flexibility index (Phi) is 5.26. The maximum Gasteiger partial charge on any atom is 0.235 e. The monoisotopic (exact) mass is 425 g/mol. The zero-order chi connectivity index (χ0) is 21.5. The molecule has 7 heteroatoms. The van der Waals surface area contributed by atoms with E-state index < -0.39 is 5.41 Å². The fraction of sp³-hybridized carbons (Fsp3) is 0.478. The quantitative estimate of drug-likeness (QED) is 0.698. The van der Waals surface area contributed by atoms with Gasteiger partial charge in [-0.05, 0) is 24.7 Å². The van der Waals surface area contributed by atoms with Crippen molar-refractivity contribution in [2.75, 3.05) is 11.9 Å². The third-order valence-corrected chi connectivity index (χ3v) is 7.87. The van der Waals surface area contributed by atoms with E-state index in [1.54, 1.807) is 0 Å². The number of fused-ring (bicyclic) bond motifs is 2. The van der Waals surface area contributed by atoms with E-state index in [-0.39, 0.29) is 35.5 Å². The number of piperidine rings is 1. The summed E-state index contributed by atoms with van der Waals surface area (Å²) in [6.07, 6.45) is 2.20. The maximum absolute atomic E-state index is 13.0. The Bertz CT molecular complexity index is 985. The lowest BCUT2D eigenvalue weighted by Gasteiger charge is -2.47. The summed E-state index contributed by atoms with van der Waals surface area (Å²) in [4.78, 5) is 44.1. The van der Waals surface area contributed by atoms with Gasteiger partial charge in [0.1, 0.15) is 0 Å². The summed E-state index contributed by atoms with van der Waals surface area (Å²) < 4.78 is 0. The third-order valence-electron chi connectivity index (χ3n) is 7.11. The second-order valence-electron chi connectivity index (χ2n) is 9.00. The Morgan fingerprint density at radius 3 is 2.70 bits per heavy atom. The second kappa shape index (κ2) is 7.61. The molecule has 0 spiro atoms. The molecule has 3 amide bonds. The van der Waals surface area contributed by atoms with Crippen molar-refractivity contribution in [2.45, 2.75) is 46.5 Å². The highest BCUT2D eigenvalue weighted by atomic mass is 32.1. The molecule has 1 saturated carbocycles. The van der Waals surface area contributed by atoms with Crippen molar-refractivity contribution in [1.29, 1.82) is 0 Å². The van der Waals surface area contributed by atoms with Crippen LogP contribution in [0.25, 0.3) is 11.3 Å². The van der Waals surface area contributed by atoms with Crippen molar-refractivity contribution >= 4 is 34.2 Å². The molecular weight excluding hydrogens is 398 g/mol. The van der Waals surface area contributed by atoms with E-state index >= 15 is 0 Å². The van der Waals surface area contributed by atoms with Gasteiger partial charge in [0.05, 0.1) is 11.1 Å². The highest BCUT2D eigenvalue weighted by Gasteiger charge is 2.64. The van der Waals surface area contributed by atoms with Crippen molar-refractivity contribution in [3.05, 3.63) is 35.7 Å². The fourth-order valence-corrected chi connectivity index (χ4v) is 5.50. The highest BCUT2D eigenvalue weighted by molar-refractivity contribution is 7.14. The number of rotatable bonds is 6. The smallest absolute Gasteiger partial charge is 0.235 e. The second-order valence-corrected chi connectivity index (χ2v) is 9.85. The first kappa shape index (κ1) is 20.7. The molecule has 1 aromatic heterocycles. The van der Waals surface area contributed by atoms with Gasteiger partial charge < -0.3 is 5.32 Å². The van der Waals surface area contributed by atoms with Crippen LogP contribution >= 0.6 is 11.3 Å². The number of benzene rings is 1. The van der Waals surface area contributed by atoms with E-state index in [1.165, 1.54) is 16.2 Å². The maximum atomic E-state index is 13.0. The van der Waals surface area contributed by atoms with Crippen LogP contribution in [0, 0.1) is 16.7 Å². The molecule has 2 atom stereocenters. The Hall–Kier alpha value is -2.54. The Balaban J connectivity index is 1.32. The molecule has 1 aliphatic carbocycles. The first-order valence-electron chi connectivity index (χ1n) is 10.4. The molecule has 6 nitrogen and oxygen atoms in total. The number of hydrogen-bond donors (Lipinski definition) is 1. The van der Waals surface area contributed by atoms with Gasteiger partial charge in [0, 0.05) is 29.8 Å². The lowest BCUT2D eigenvalue weighted by molar-refractivity contribution is -0.168. The lowest BCUT2D eigenvalue weighted by atomic mass is 9.62. The Morgan fingerprint density at radius 2 is 1.97 bits per heavy atom. The van der Waals surface area contributed by atoms with E-state index in [0.29, 0.717) is 18.1 Å². The summed E-state index contributed by atoms with van der Waals surface area (Å²) in [6.45, 7) is 6.33. The average Bonchev–Trinajstić information content (AvgIpc) is 3.25. The molecular formula is C23H27N3O3S.